The average molecular weight is 359 g/mol. The number of thioether (sulfide) groups is 1. The lowest BCUT2D eigenvalue weighted by molar-refractivity contribution is -0.132. The van der Waals surface area contributed by atoms with E-state index >= 15 is 0 Å². The van der Waals surface area contributed by atoms with Gasteiger partial charge in [0.15, 0.2) is 0 Å². The summed E-state index contributed by atoms with van der Waals surface area (Å²) < 4.78 is 0. The van der Waals surface area contributed by atoms with Crippen molar-refractivity contribution < 1.29 is 9.59 Å². The van der Waals surface area contributed by atoms with Crippen molar-refractivity contribution in [1.29, 1.82) is 0 Å². The van der Waals surface area contributed by atoms with Gasteiger partial charge in [0.1, 0.15) is 0 Å². The Balaban J connectivity index is 1.98. The van der Waals surface area contributed by atoms with Gasteiger partial charge in [-0.3, -0.25) is 9.59 Å². The minimum absolute atomic E-state index is 0.0824. The first-order chi connectivity index (χ1) is 11.9. The number of carbonyl (C=O) groups excluding carboxylic acids is 2. The summed E-state index contributed by atoms with van der Waals surface area (Å²) >= 11 is 1.41. The van der Waals surface area contributed by atoms with Gasteiger partial charge >= 0.3 is 0 Å². The molecule has 0 aliphatic rings. The Morgan fingerprint density at radius 3 is 2.72 bits per heavy atom. The van der Waals surface area contributed by atoms with E-state index in [1.807, 2.05) is 32.0 Å². The van der Waals surface area contributed by atoms with Gasteiger partial charge in [0.2, 0.25) is 11.8 Å². The summed E-state index contributed by atoms with van der Waals surface area (Å²) in [5.41, 5.74) is 3.25. The molecule has 1 aromatic heterocycles. The van der Waals surface area contributed by atoms with Gasteiger partial charge in [-0.1, -0.05) is 36.9 Å². The molecule has 1 aromatic carbocycles. The van der Waals surface area contributed by atoms with Crippen LogP contribution in [0, 0.1) is 13.8 Å². The van der Waals surface area contributed by atoms with Gasteiger partial charge < -0.3 is 10.2 Å². The number of likely N-dealkylation sites (N-methyl/N-ethyl adjacent to an activating group) is 1. The number of benzene rings is 1. The predicted octanol–water partition coefficient (Wildman–Crippen LogP) is 2.93. The number of aryl methyl sites for hydroxylation is 2. The van der Waals surface area contributed by atoms with Crippen LogP contribution in [-0.2, 0) is 9.59 Å². The van der Waals surface area contributed by atoms with Crippen LogP contribution < -0.4 is 5.32 Å². The van der Waals surface area contributed by atoms with E-state index in [0.29, 0.717) is 6.54 Å². The van der Waals surface area contributed by atoms with Crippen LogP contribution in [-0.4, -0.2) is 47.6 Å². The molecule has 2 aromatic rings. The van der Waals surface area contributed by atoms with Gasteiger partial charge in [-0.2, -0.15) is 0 Å². The molecular weight excluding hydrogens is 334 g/mol. The van der Waals surface area contributed by atoms with Crippen molar-refractivity contribution in [2.75, 3.05) is 25.9 Å². The lowest BCUT2D eigenvalue weighted by Crippen LogP contribution is -2.39. The maximum Gasteiger partial charge on any atom is 0.239 e. The molecule has 2 amide bonds. The van der Waals surface area contributed by atoms with Gasteiger partial charge in [0, 0.05) is 19.0 Å². The van der Waals surface area contributed by atoms with Gasteiger partial charge in [0.25, 0.3) is 0 Å². The number of aromatic nitrogens is 1. The molecule has 1 N–H and O–H groups in total. The van der Waals surface area contributed by atoms with Crippen molar-refractivity contribution in [2.24, 2.45) is 0 Å². The highest BCUT2D eigenvalue weighted by Crippen LogP contribution is 2.25. The fourth-order valence-corrected chi connectivity index (χ4v) is 3.38. The van der Waals surface area contributed by atoms with Crippen LogP contribution in [0.25, 0.3) is 10.9 Å². The standard InChI is InChI=1S/C19H25N3O2S/c1-5-9-20-16(23)11-22(4)18(24)12-25-17-10-14(3)15-8-6-7-13(2)19(15)21-17/h6-8,10H,5,9,11-12H2,1-4H3,(H,20,23). The molecule has 5 nitrogen and oxygen atoms in total. The number of nitrogens with zero attached hydrogens (tertiary/aromatic N) is 2. The van der Waals surface area contributed by atoms with Gasteiger partial charge in [0.05, 0.1) is 22.8 Å². The van der Waals surface area contributed by atoms with Crippen molar-refractivity contribution in [1.82, 2.24) is 15.2 Å². The fourth-order valence-electron chi connectivity index (χ4n) is 2.47. The Hall–Kier alpha value is -2.08. The molecule has 0 unspecified atom stereocenters. The summed E-state index contributed by atoms with van der Waals surface area (Å²) in [6, 6.07) is 8.14. The normalized spacial score (nSPS) is 10.7. The molecule has 134 valence electrons. The van der Waals surface area contributed by atoms with Crippen molar-refractivity contribution in [3.8, 4) is 0 Å². The lowest BCUT2D eigenvalue weighted by Gasteiger charge is -2.16. The first-order valence-electron chi connectivity index (χ1n) is 8.42. The van der Waals surface area contributed by atoms with Crippen LogP contribution in [0.4, 0.5) is 0 Å². The molecule has 0 radical (unpaired) electrons. The van der Waals surface area contributed by atoms with Gasteiger partial charge in [-0.05, 0) is 37.5 Å². The number of amides is 2. The van der Waals surface area contributed by atoms with E-state index in [0.717, 1.165) is 33.5 Å². The van der Waals surface area contributed by atoms with E-state index < -0.39 is 0 Å². The zero-order valence-corrected chi connectivity index (χ0v) is 16.1. The molecule has 1 heterocycles. The minimum atomic E-state index is -0.127. The number of rotatable bonds is 7. The van der Waals surface area contributed by atoms with E-state index in [1.54, 1.807) is 7.05 Å². The second-order valence-electron chi connectivity index (χ2n) is 6.14. The number of hydrogen-bond donors (Lipinski definition) is 1. The predicted molar refractivity (Wildman–Crippen MR) is 103 cm³/mol. The van der Waals surface area contributed by atoms with Crippen LogP contribution in [0.5, 0.6) is 0 Å². The first kappa shape index (κ1) is 19.2. The molecule has 0 aliphatic heterocycles. The third kappa shape index (κ3) is 5.19. The summed E-state index contributed by atoms with van der Waals surface area (Å²) in [6.45, 7) is 6.81. The SMILES string of the molecule is CCCNC(=O)CN(C)C(=O)CSc1cc(C)c2cccc(C)c2n1. The van der Waals surface area contributed by atoms with Crippen LogP contribution in [0.1, 0.15) is 24.5 Å². The van der Waals surface area contributed by atoms with Crippen molar-refractivity contribution in [3.05, 3.63) is 35.4 Å². The number of pyridine rings is 1. The van der Waals surface area contributed by atoms with Crippen molar-refractivity contribution in [3.63, 3.8) is 0 Å². The van der Waals surface area contributed by atoms with Crippen LogP contribution >= 0.6 is 11.8 Å². The first-order valence-corrected chi connectivity index (χ1v) is 9.41. The van der Waals surface area contributed by atoms with Gasteiger partial charge in [-0.15, -0.1) is 0 Å². The summed E-state index contributed by atoms with van der Waals surface area (Å²) in [7, 11) is 1.65. The Labute approximate surface area is 153 Å². The van der Waals surface area contributed by atoms with E-state index in [-0.39, 0.29) is 24.1 Å². The van der Waals surface area contributed by atoms with Crippen molar-refractivity contribution >= 4 is 34.5 Å². The Kier molecular flexibility index (Phi) is 6.82. The van der Waals surface area contributed by atoms with E-state index in [4.69, 9.17) is 0 Å². The fraction of sp³-hybridized carbons (Fsp3) is 0.421. The maximum atomic E-state index is 12.2. The number of para-hydroxylation sites is 1. The summed E-state index contributed by atoms with van der Waals surface area (Å²) in [5.74, 6) is 0.0560. The van der Waals surface area contributed by atoms with E-state index in [2.05, 4.69) is 23.3 Å². The van der Waals surface area contributed by atoms with Crippen LogP contribution in [0.3, 0.4) is 0 Å². The Morgan fingerprint density at radius 1 is 1.24 bits per heavy atom. The largest absolute Gasteiger partial charge is 0.355 e. The highest BCUT2D eigenvalue weighted by atomic mass is 32.2. The molecule has 0 bridgehead atoms. The zero-order chi connectivity index (χ0) is 18.4. The highest BCUT2D eigenvalue weighted by molar-refractivity contribution is 7.99. The number of nitrogens with one attached hydrogen (secondary N) is 1. The molecule has 0 aliphatic carbocycles. The molecule has 0 saturated heterocycles. The van der Waals surface area contributed by atoms with Crippen molar-refractivity contribution in [2.45, 2.75) is 32.2 Å². The number of carbonyl (C=O) groups is 2. The highest BCUT2D eigenvalue weighted by Gasteiger charge is 2.14. The second-order valence-corrected chi connectivity index (χ2v) is 7.13. The van der Waals surface area contributed by atoms with Crippen LogP contribution in [0.2, 0.25) is 0 Å². The van der Waals surface area contributed by atoms with E-state index in [9.17, 15) is 9.59 Å². The third-order valence-corrected chi connectivity index (χ3v) is 4.84. The molecule has 25 heavy (non-hydrogen) atoms. The molecule has 2 rings (SSSR count). The lowest BCUT2D eigenvalue weighted by atomic mass is 10.1. The number of fused-ring (bicyclic) bond motifs is 1. The van der Waals surface area contributed by atoms with Crippen LogP contribution in [0.15, 0.2) is 29.3 Å². The maximum absolute atomic E-state index is 12.2. The minimum Gasteiger partial charge on any atom is -0.355 e. The van der Waals surface area contributed by atoms with Gasteiger partial charge in [-0.25, -0.2) is 4.98 Å². The summed E-state index contributed by atoms with van der Waals surface area (Å²) in [6.07, 6.45) is 0.881. The number of hydrogen-bond acceptors (Lipinski definition) is 4. The topological polar surface area (TPSA) is 62.3 Å². The molecule has 0 spiro atoms. The third-order valence-electron chi connectivity index (χ3n) is 3.95. The Morgan fingerprint density at radius 2 is 2.00 bits per heavy atom. The zero-order valence-electron chi connectivity index (χ0n) is 15.3. The Bertz CT molecular complexity index is 777. The molecule has 0 fully saturated rings. The summed E-state index contributed by atoms with van der Waals surface area (Å²) in [4.78, 5) is 30.1. The second kappa shape index (κ2) is 8.85. The summed E-state index contributed by atoms with van der Waals surface area (Å²) in [5, 5.41) is 4.74. The average Bonchev–Trinajstić information content (AvgIpc) is 2.58. The monoisotopic (exact) mass is 359 g/mol. The molecular formula is C19H25N3O2S. The van der Waals surface area contributed by atoms with E-state index in [1.165, 1.54) is 16.7 Å². The molecule has 0 saturated carbocycles. The molecule has 6 heteroatoms. The molecule has 0 atom stereocenters. The smallest absolute Gasteiger partial charge is 0.239 e. The quantitative estimate of drug-likeness (QED) is 0.772.